The van der Waals surface area contributed by atoms with Crippen LogP contribution in [-0.2, 0) is 0 Å². The molecule has 0 bridgehead atoms. The third-order valence-electron chi connectivity index (χ3n) is 1.44. The fraction of sp³-hybridized carbons (Fsp3) is 0. The third kappa shape index (κ3) is 0.878. The van der Waals surface area contributed by atoms with Crippen LogP contribution >= 0.6 is 15.9 Å². The number of fused-ring (bicyclic) bond motifs is 1. The Labute approximate surface area is 74.2 Å². The zero-order valence-electron chi connectivity index (χ0n) is 5.62. The molecule has 0 radical (unpaired) electrons. The molecule has 6 heteroatoms. The van der Waals surface area contributed by atoms with Crippen LogP contribution in [0, 0.1) is 11.0 Å². The molecule has 1 aromatic heterocycles. The third-order valence-corrected chi connectivity index (χ3v) is 2.06. The Bertz CT molecular complexity index is 442. The maximum Gasteiger partial charge on any atom is 0.262 e. The molecule has 0 amide bonds. The van der Waals surface area contributed by atoms with E-state index in [1.54, 1.807) is 0 Å². The molecule has 0 aliphatic heterocycles. The number of halogens is 2. The van der Waals surface area contributed by atoms with Crippen LogP contribution in [0.2, 0.25) is 0 Å². The van der Waals surface area contributed by atoms with E-state index in [-0.39, 0.29) is 20.4 Å². The van der Waals surface area contributed by atoms with Crippen LogP contribution in [-0.4, -0.2) is 5.16 Å². The standard InChI is InChI=1S/C6H2BrFN2O2/c7-3-1-2-4-6(5(3)8)10(11)12-9-4/h1-2H. The molecule has 1 aromatic carbocycles. The van der Waals surface area contributed by atoms with Gasteiger partial charge in [0.1, 0.15) is 0 Å². The number of nitrogens with zero attached hydrogens (tertiary/aromatic N) is 2. The number of hydrogen-bond acceptors (Lipinski definition) is 3. The number of rotatable bonds is 0. The maximum atomic E-state index is 13.1. The Morgan fingerprint density at radius 3 is 3.08 bits per heavy atom. The van der Waals surface area contributed by atoms with Crippen LogP contribution in [0.15, 0.2) is 21.2 Å². The van der Waals surface area contributed by atoms with Gasteiger partial charge in [-0.05, 0) is 33.0 Å². The smallest absolute Gasteiger partial charge is 0.262 e. The van der Waals surface area contributed by atoms with E-state index in [4.69, 9.17) is 0 Å². The fourth-order valence-corrected chi connectivity index (χ4v) is 1.22. The van der Waals surface area contributed by atoms with E-state index < -0.39 is 5.82 Å². The number of aromatic nitrogens is 2. The van der Waals surface area contributed by atoms with Crippen molar-refractivity contribution in [1.29, 1.82) is 0 Å². The van der Waals surface area contributed by atoms with Crippen LogP contribution in [0.3, 0.4) is 0 Å². The van der Waals surface area contributed by atoms with E-state index in [1.807, 2.05) is 0 Å². The molecule has 0 fully saturated rings. The van der Waals surface area contributed by atoms with Crippen molar-refractivity contribution in [3.63, 3.8) is 0 Å². The van der Waals surface area contributed by atoms with Gasteiger partial charge in [-0.1, -0.05) is 0 Å². The highest BCUT2D eigenvalue weighted by atomic mass is 79.9. The van der Waals surface area contributed by atoms with Gasteiger partial charge in [-0.2, -0.15) is 0 Å². The minimum absolute atomic E-state index is 0.0371. The van der Waals surface area contributed by atoms with Crippen LogP contribution in [0.4, 0.5) is 4.39 Å². The molecular formula is C6H2BrFN2O2. The Hall–Kier alpha value is -1.17. The topological polar surface area (TPSA) is 53.0 Å². The van der Waals surface area contributed by atoms with Crippen molar-refractivity contribution in [2.24, 2.45) is 0 Å². The van der Waals surface area contributed by atoms with E-state index in [2.05, 4.69) is 25.7 Å². The van der Waals surface area contributed by atoms with E-state index in [1.165, 1.54) is 12.1 Å². The summed E-state index contributed by atoms with van der Waals surface area (Å²) in [4.78, 5) is 0.0371. The molecule has 0 N–H and O–H groups in total. The van der Waals surface area contributed by atoms with Crippen molar-refractivity contribution in [3.8, 4) is 0 Å². The summed E-state index contributed by atoms with van der Waals surface area (Å²) in [6.07, 6.45) is 0. The van der Waals surface area contributed by atoms with E-state index in [9.17, 15) is 9.60 Å². The first-order chi connectivity index (χ1) is 5.70. The molecule has 2 rings (SSSR count). The summed E-state index contributed by atoms with van der Waals surface area (Å²) in [6.45, 7) is 0. The van der Waals surface area contributed by atoms with Gasteiger partial charge in [-0.15, -0.1) is 0 Å². The highest BCUT2D eigenvalue weighted by molar-refractivity contribution is 9.10. The summed E-state index contributed by atoms with van der Waals surface area (Å²) in [5.41, 5.74) is 0.00933. The predicted octanol–water partition coefficient (Wildman–Crippen LogP) is 1.36. The summed E-state index contributed by atoms with van der Waals surface area (Å²) in [7, 11) is 0. The quantitative estimate of drug-likeness (QED) is 0.645. The average Bonchev–Trinajstić information content (AvgIpc) is 2.41. The second-order valence-corrected chi connectivity index (χ2v) is 3.01. The summed E-state index contributed by atoms with van der Waals surface area (Å²) >= 11 is 2.94. The second-order valence-electron chi connectivity index (χ2n) is 2.16. The van der Waals surface area contributed by atoms with Gasteiger partial charge in [0.15, 0.2) is 5.82 Å². The van der Waals surface area contributed by atoms with Gasteiger partial charge < -0.3 is 5.21 Å². The molecule has 2 aromatic rings. The highest BCUT2D eigenvalue weighted by Crippen LogP contribution is 2.20. The van der Waals surface area contributed by atoms with Crippen molar-refractivity contribution in [1.82, 2.24) is 5.16 Å². The van der Waals surface area contributed by atoms with Crippen LogP contribution in [0.5, 0.6) is 0 Å². The first-order valence-electron chi connectivity index (χ1n) is 3.03. The van der Waals surface area contributed by atoms with Gasteiger partial charge in [0, 0.05) is 5.16 Å². The first kappa shape index (κ1) is 7.48. The second kappa shape index (κ2) is 2.41. The zero-order chi connectivity index (χ0) is 8.72. The normalized spacial score (nSPS) is 10.8. The summed E-state index contributed by atoms with van der Waals surface area (Å²) in [6, 6.07) is 2.95. The molecule has 0 atom stereocenters. The molecule has 12 heavy (non-hydrogen) atoms. The highest BCUT2D eigenvalue weighted by Gasteiger charge is 2.16. The van der Waals surface area contributed by atoms with Gasteiger partial charge in [0.05, 0.1) is 4.47 Å². The lowest BCUT2D eigenvalue weighted by atomic mass is 10.3. The minimum atomic E-state index is -0.663. The Morgan fingerprint density at radius 1 is 1.58 bits per heavy atom. The molecule has 0 saturated carbocycles. The Morgan fingerprint density at radius 2 is 2.33 bits per heavy atom. The van der Waals surface area contributed by atoms with Gasteiger partial charge >= 0.3 is 0 Å². The molecule has 0 unspecified atom stereocenters. The van der Waals surface area contributed by atoms with E-state index in [0.29, 0.717) is 0 Å². The predicted molar refractivity (Wildman–Crippen MR) is 40.6 cm³/mol. The molecular weight excluding hydrogens is 231 g/mol. The van der Waals surface area contributed by atoms with Gasteiger partial charge in [0.25, 0.3) is 11.0 Å². The summed E-state index contributed by atoms with van der Waals surface area (Å²) in [5.74, 6) is -0.663. The summed E-state index contributed by atoms with van der Waals surface area (Å²) in [5, 5.41) is 14.1. The van der Waals surface area contributed by atoms with Crippen LogP contribution in [0.25, 0.3) is 11.0 Å². The lowest BCUT2D eigenvalue weighted by molar-refractivity contribution is -0.782. The Kier molecular flexibility index (Phi) is 1.50. The van der Waals surface area contributed by atoms with Crippen molar-refractivity contribution >= 4 is 27.0 Å². The van der Waals surface area contributed by atoms with Crippen molar-refractivity contribution in [2.45, 2.75) is 0 Å². The molecule has 0 spiro atoms. The number of benzene rings is 1. The Balaban J connectivity index is 2.96. The molecule has 0 aliphatic carbocycles. The average molecular weight is 233 g/mol. The SMILES string of the molecule is [O-][n+]1onc2ccc(Br)c(F)c21. The minimum Gasteiger partial charge on any atom is -0.359 e. The maximum absolute atomic E-state index is 13.1. The van der Waals surface area contributed by atoms with Crippen molar-refractivity contribution in [2.75, 3.05) is 0 Å². The van der Waals surface area contributed by atoms with Gasteiger partial charge in [-0.3, -0.25) is 4.63 Å². The zero-order valence-corrected chi connectivity index (χ0v) is 7.21. The fourth-order valence-electron chi connectivity index (χ4n) is 0.899. The molecule has 4 nitrogen and oxygen atoms in total. The first-order valence-corrected chi connectivity index (χ1v) is 3.83. The lowest BCUT2D eigenvalue weighted by Crippen LogP contribution is -2.23. The largest absolute Gasteiger partial charge is 0.359 e. The molecule has 0 saturated heterocycles. The van der Waals surface area contributed by atoms with Crippen molar-refractivity contribution < 1.29 is 13.9 Å². The molecule has 0 aliphatic rings. The van der Waals surface area contributed by atoms with Crippen LogP contribution < -0.4 is 4.90 Å². The van der Waals surface area contributed by atoms with Gasteiger partial charge in [0.2, 0.25) is 0 Å². The lowest BCUT2D eigenvalue weighted by Gasteiger charge is -1.91. The number of hydrogen-bond donors (Lipinski definition) is 0. The monoisotopic (exact) mass is 232 g/mol. The van der Waals surface area contributed by atoms with Gasteiger partial charge in [-0.25, -0.2) is 4.39 Å². The molecule has 62 valence electrons. The summed E-state index contributed by atoms with van der Waals surface area (Å²) < 4.78 is 17.5. The van der Waals surface area contributed by atoms with E-state index >= 15 is 0 Å². The molecule has 1 heterocycles. The van der Waals surface area contributed by atoms with E-state index in [0.717, 1.165) is 0 Å². The van der Waals surface area contributed by atoms with Crippen molar-refractivity contribution in [3.05, 3.63) is 27.6 Å². The van der Waals surface area contributed by atoms with Crippen LogP contribution in [0.1, 0.15) is 0 Å².